The molecule has 1 saturated carbocycles. The quantitative estimate of drug-likeness (QED) is 0.788. The lowest BCUT2D eigenvalue weighted by atomic mass is 10.0. The maximum absolute atomic E-state index is 12.3. The molecule has 2 aromatic rings. The van der Waals surface area contributed by atoms with Gasteiger partial charge in [0.15, 0.2) is 0 Å². The van der Waals surface area contributed by atoms with E-state index in [9.17, 15) is 4.79 Å². The van der Waals surface area contributed by atoms with Crippen LogP contribution in [0.15, 0.2) is 47.6 Å². The second-order valence-electron chi connectivity index (χ2n) is 5.87. The largest absolute Gasteiger partial charge is 0.348 e. The minimum Gasteiger partial charge on any atom is -0.348 e. The van der Waals surface area contributed by atoms with Crippen LogP contribution in [-0.4, -0.2) is 16.6 Å². The second kappa shape index (κ2) is 7.37. The predicted octanol–water partition coefficient (Wildman–Crippen LogP) is 4.40. The van der Waals surface area contributed by atoms with E-state index in [1.54, 1.807) is 18.3 Å². The molecule has 120 valence electrons. The third-order valence-electron chi connectivity index (χ3n) is 3.91. The first-order chi connectivity index (χ1) is 11.1. The van der Waals surface area contributed by atoms with Crippen LogP contribution in [0.25, 0.3) is 0 Å². The normalized spacial score (nSPS) is 15.2. The molecule has 1 amide bonds. The van der Waals surface area contributed by atoms with E-state index in [1.165, 1.54) is 35.7 Å². The van der Waals surface area contributed by atoms with Crippen LogP contribution in [0.3, 0.4) is 0 Å². The average Bonchev–Trinajstić information content (AvgIpc) is 3.38. The fraction of sp³-hybridized carbons (Fsp3) is 0.333. The van der Waals surface area contributed by atoms with Gasteiger partial charge in [-0.2, -0.15) is 0 Å². The van der Waals surface area contributed by atoms with Crippen LogP contribution in [0.1, 0.15) is 30.0 Å². The number of benzene rings is 1. The number of carbonyl (C=O) groups is 1. The number of carbonyl (C=O) groups excluding carboxylic acids is 1. The maximum Gasteiger partial charge on any atom is 0.230 e. The first-order valence-corrected chi connectivity index (χ1v) is 9.09. The number of aromatic nitrogens is 1. The van der Waals surface area contributed by atoms with Crippen molar-refractivity contribution in [2.24, 2.45) is 5.92 Å². The summed E-state index contributed by atoms with van der Waals surface area (Å²) in [5.41, 5.74) is 2.42. The summed E-state index contributed by atoms with van der Waals surface area (Å²) in [4.78, 5) is 16.5. The number of nitrogens with zero attached hydrogens (tertiary/aromatic N) is 1. The number of aryl methyl sites for hydroxylation is 1. The highest BCUT2D eigenvalue weighted by molar-refractivity contribution is 8.00. The first kappa shape index (κ1) is 16.3. The number of pyridine rings is 1. The zero-order valence-corrected chi connectivity index (χ0v) is 14.5. The second-order valence-corrected chi connectivity index (χ2v) is 7.24. The van der Waals surface area contributed by atoms with Gasteiger partial charge in [-0.1, -0.05) is 53.2 Å². The average molecular weight is 347 g/mol. The summed E-state index contributed by atoms with van der Waals surface area (Å²) in [5, 5.41) is 4.46. The number of amides is 1. The molecule has 1 unspecified atom stereocenters. The lowest BCUT2D eigenvalue weighted by Gasteiger charge is -2.19. The van der Waals surface area contributed by atoms with Crippen molar-refractivity contribution in [2.45, 2.75) is 30.8 Å². The molecule has 0 radical (unpaired) electrons. The van der Waals surface area contributed by atoms with Crippen molar-refractivity contribution < 1.29 is 4.79 Å². The Hall–Kier alpha value is -1.52. The molecule has 23 heavy (non-hydrogen) atoms. The first-order valence-electron chi connectivity index (χ1n) is 7.73. The van der Waals surface area contributed by atoms with E-state index >= 15 is 0 Å². The number of nitrogens with one attached hydrogen (secondary N) is 1. The molecule has 1 aromatic carbocycles. The Morgan fingerprint density at radius 2 is 2.09 bits per heavy atom. The molecule has 3 rings (SSSR count). The van der Waals surface area contributed by atoms with Gasteiger partial charge in [-0.25, -0.2) is 4.98 Å². The van der Waals surface area contributed by atoms with Gasteiger partial charge in [-0.05, 0) is 43.4 Å². The van der Waals surface area contributed by atoms with Gasteiger partial charge >= 0.3 is 0 Å². The fourth-order valence-electron chi connectivity index (χ4n) is 2.50. The monoisotopic (exact) mass is 346 g/mol. The van der Waals surface area contributed by atoms with Gasteiger partial charge in [0.1, 0.15) is 5.03 Å². The van der Waals surface area contributed by atoms with Gasteiger partial charge in [0.25, 0.3) is 0 Å². The highest BCUT2D eigenvalue weighted by Crippen LogP contribution is 2.41. The summed E-state index contributed by atoms with van der Waals surface area (Å²) in [7, 11) is 0. The van der Waals surface area contributed by atoms with Crippen LogP contribution in [-0.2, 0) is 4.79 Å². The fourth-order valence-corrected chi connectivity index (χ4v) is 3.48. The number of hydrogen-bond donors (Lipinski definition) is 1. The molecule has 5 heteroatoms. The molecule has 0 spiro atoms. The molecule has 1 aromatic heterocycles. The molecule has 1 fully saturated rings. The molecule has 0 aliphatic heterocycles. The highest BCUT2D eigenvalue weighted by Gasteiger charge is 2.33. The summed E-state index contributed by atoms with van der Waals surface area (Å²) < 4.78 is 0. The Morgan fingerprint density at radius 1 is 1.35 bits per heavy atom. The minimum absolute atomic E-state index is 0.0224. The minimum atomic E-state index is 0.0224. The SMILES string of the molecule is Cc1ccc(C(NC(=O)CSc2ncccc2Cl)C2CC2)cc1. The summed E-state index contributed by atoms with van der Waals surface area (Å²) >= 11 is 7.44. The summed E-state index contributed by atoms with van der Waals surface area (Å²) in [5.74, 6) is 0.908. The molecule has 1 atom stereocenters. The van der Waals surface area contributed by atoms with E-state index in [0.29, 0.717) is 21.7 Å². The molecule has 1 aliphatic rings. The zero-order valence-electron chi connectivity index (χ0n) is 13.0. The molecular weight excluding hydrogens is 328 g/mol. The Morgan fingerprint density at radius 3 is 2.74 bits per heavy atom. The van der Waals surface area contributed by atoms with Gasteiger partial charge in [-0.15, -0.1) is 0 Å². The molecule has 1 N–H and O–H groups in total. The number of halogens is 1. The van der Waals surface area contributed by atoms with E-state index in [-0.39, 0.29) is 11.9 Å². The topological polar surface area (TPSA) is 42.0 Å². The van der Waals surface area contributed by atoms with Crippen LogP contribution in [0.5, 0.6) is 0 Å². The molecule has 1 aliphatic carbocycles. The maximum atomic E-state index is 12.3. The van der Waals surface area contributed by atoms with Crippen molar-refractivity contribution in [3.8, 4) is 0 Å². The Bertz CT molecular complexity index is 686. The van der Waals surface area contributed by atoms with E-state index < -0.39 is 0 Å². The summed E-state index contributed by atoms with van der Waals surface area (Å²) in [6, 6.07) is 12.1. The third-order valence-corrected chi connectivity index (χ3v) is 5.33. The van der Waals surface area contributed by atoms with Gasteiger partial charge in [-0.3, -0.25) is 4.79 Å². The van der Waals surface area contributed by atoms with Crippen molar-refractivity contribution in [3.05, 3.63) is 58.7 Å². The Labute approximate surface area is 145 Å². The van der Waals surface area contributed by atoms with Crippen molar-refractivity contribution >= 4 is 29.3 Å². The lowest BCUT2D eigenvalue weighted by Crippen LogP contribution is -2.31. The summed E-state index contributed by atoms with van der Waals surface area (Å²) in [6.07, 6.45) is 4.04. The van der Waals surface area contributed by atoms with E-state index in [1.807, 2.05) is 0 Å². The van der Waals surface area contributed by atoms with Crippen LogP contribution in [0.4, 0.5) is 0 Å². The van der Waals surface area contributed by atoms with Gasteiger partial charge in [0.2, 0.25) is 5.91 Å². The lowest BCUT2D eigenvalue weighted by molar-refractivity contribution is -0.119. The van der Waals surface area contributed by atoms with E-state index in [2.05, 4.69) is 41.5 Å². The molecule has 0 saturated heterocycles. The molecule has 3 nitrogen and oxygen atoms in total. The standard InChI is InChI=1S/C18H19ClN2OS/c1-12-4-6-13(7-5-12)17(14-8-9-14)21-16(22)11-23-18-15(19)3-2-10-20-18/h2-7,10,14,17H,8-9,11H2,1H3,(H,21,22). The predicted molar refractivity (Wildman–Crippen MR) is 94.8 cm³/mol. The van der Waals surface area contributed by atoms with Crippen LogP contribution < -0.4 is 5.32 Å². The van der Waals surface area contributed by atoms with Crippen LogP contribution in [0, 0.1) is 12.8 Å². The molecule has 1 heterocycles. The Balaban J connectivity index is 1.61. The zero-order chi connectivity index (χ0) is 16.2. The number of hydrogen-bond acceptors (Lipinski definition) is 3. The van der Waals surface area contributed by atoms with Gasteiger partial charge in [0, 0.05) is 6.20 Å². The molecular formula is C18H19ClN2OS. The third kappa shape index (κ3) is 4.49. The van der Waals surface area contributed by atoms with Crippen molar-refractivity contribution in [3.63, 3.8) is 0 Å². The molecule has 0 bridgehead atoms. The van der Waals surface area contributed by atoms with Crippen molar-refractivity contribution in [1.29, 1.82) is 0 Å². The van der Waals surface area contributed by atoms with Crippen LogP contribution in [0.2, 0.25) is 5.02 Å². The summed E-state index contributed by atoms with van der Waals surface area (Å²) in [6.45, 7) is 2.07. The van der Waals surface area contributed by atoms with Gasteiger partial charge < -0.3 is 5.32 Å². The highest BCUT2D eigenvalue weighted by atomic mass is 35.5. The van der Waals surface area contributed by atoms with Crippen LogP contribution >= 0.6 is 23.4 Å². The van der Waals surface area contributed by atoms with Gasteiger partial charge in [0.05, 0.1) is 16.8 Å². The van der Waals surface area contributed by atoms with E-state index in [0.717, 1.165) is 0 Å². The van der Waals surface area contributed by atoms with Crippen molar-refractivity contribution in [2.75, 3.05) is 5.75 Å². The van der Waals surface area contributed by atoms with Crippen molar-refractivity contribution in [1.82, 2.24) is 10.3 Å². The number of rotatable bonds is 6. The van der Waals surface area contributed by atoms with E-state index in [4.69, 9.17) is 11.6 Å². The number of thioether (sulfide) groups is 1. The smallest absolute Gasteiger partial charge is 0.230 e. The Kier molecular flexibility index (Phi) is 5.23.